The summed E-state index contributed by atoms with van der Waals surface area (Å²) >= 11 is 6.13. The number of Topliss-reactive ketones (excluding diaryl/α,β-unsaturated/α-hetero) is 1. The van der Waals surface area contributed by atoms with Gasteiger partial charge < -0.3 is 5.32 Å². The number of nitrogens with one attached hydrogen (secondary N) is 1. The van der Waals surface area contributed by atoms with Crippen LogP contribution < -0.4 is 5.32 Å². The average Bonchev–Trinajstić information content (AvgIpc) is 2.93. The Morgan fingerprint density at radius 2 is 2.19 bits per heavy atom. The Morgan fingerprint density at radius 1 is 1.29 bits per heavy atom. The Labute approximate surface area is 127 Å². The summed E-state index contributed by atoms with van der Waals surface area (Å²) in [6, 6.07) is 9.41. The molecule has 1 aliphatic heterocycles. The zero-order chi connectivity index (χ0) is 14.4. The highest BCUT2D eigenvalue weighted by molar-refractivity contribution is 6.30. The minimum Gasteiger partial charge on any atom is -0.343 e. The molecule has 1 aromatic carbocycles. The molecule has 1 aliphatic carbocycles. The van der Waals surface area contributed by atoms with Crippen molar-refractivity contribution in [3.05, 3.63) is 58.4 Å². The largest absolute Gasteiger partial charge is 0.343 e. The van der Waals surface area contributed by atoms with E-state index in [2.05, 4.69) is 10.4 Å². The number of carbonyl (C=O) groups excluding carboxylic acids is 1. The fourth-order valence-corrected chi connectivity index (χ4v) is 3.39. The van der Waals surface area contributed by atoms with Crippen LogP contribution in [0.4, 0.5) is 5.82 Å². The number of allylic oxidation sites excluding steroid dienone is 2. The highest BCUT2D eigenvalue weighted by Gasteiger charge is 2.35. The monoisotopic (exact) mass is 299 g/mol. The van der Waals surface area contributed by atoms with Crippen LogP contribution in [0.2, 0.25) is 5.02 Å². The highest BCUT2D eigenvalue weighted by Crippen LogP contribution is 2.40. The maximum absolute atomic E-state index is 12.5. The molecule has 4 rings (SSSR count). The predicted molar refractivity (Wildman–Crippen MR) is 81.3 cm³/mol. The van der Waals surface area contributed by atoms with Crippen LogP contribution in [0, 0.1) is 0 Å². The summed E-state index contributed by atoms with van der Waals surface area (Å²) in [5, 5.41) is 8.42. The molecule has 0 spiro atoms. The second kappa shape index (κ2) is 4.74. The van der Waals surface area contributed by atoms with Gasteiger partial charge in [-0.25, -0.2) is 4.68 Å². The molecule has 5 heteroatoms. The van der Waals surface area contributed by atoms with E-state index in [1.54, 1.807) is 6.20 Å². The lowest BCUT2D eigenvalue weighted by Crippen LogP contribution is -2.31. The molecular formula is C16H14ClN3O. The first kappa shape index (κ1) is 12.7. The van der Waals surface area contributed by atoms with Crippen LogP contribution in [0.1, 0.15) is 30.9 Å². The minimum absolute atomic E-state index is 0.183. The number of ketones is 1. The third kappa shape index (κ3) is 1.98. The molecule has 4 nitrogen and oxygen atoms in total. The summed E-state index contributed by atoms with van der Waals surface area (Å²) in [5.74, 6) is 1.13. The number of halogens is 1. The van der Waals surface area contributed by atoms with Gasteiger partial charge in [-0.15, -0.1) is 0 Å². The number of fused-ring (bicyclic) bond motifs is 1. The van der Waals surface area contributed by atoms with E-state index in [0.717, 1.165) is 35.5 Å². The first-order chi connectivity index (χ1) is 10.2. The predicted octanol–water partition coefficient (Wildman–Crippen LogP) is 3.56. The Morgan fingerprint density at radius 3 is 3.05 bits per heavy atom. The number of rotatable bonds is 1. The van der Waals surface area contributed by atoms with Crippen LogP contribution in [0.25, 0.3) is 0 Å². The molecule has 0 amide bonds. The number of anilines is 1. The lowest BCUT2D eigenvalue weighted by atomic mass is 9.85. The number of benzene rings is 1. The zero-order valence-electron chi connectivity index (χ0n) is 11.3. The molecule has 1 atom stereocenters. The summed E-state index contributed by atoms with van der Waals surface area (Å²) in [6.45, 7) is 0. The maximum atomic E-state index is 12.5. The van der Waals surface area contributed by atoms with Crippen LogP contribution in [0.3, 0.4) is 0 Å². The van der Waals surface area contributed by atoms with Gasteiger partial charge in [0, 0.05) is 28.8 Å². The summed E-state index contributed by atoms with van der Waals surface area (Å²) < 4.78 is 1.87. The lowest BCUT2D eigenvalue weighted by molar-refractivity contribution is -0.116. The third-order valence-corrected chi connectivity index (χ3v) is 4.32. The number of carbonyl (C=O) groups is 1. The van der Waals surface area contributed by atoms with Gasteiger partial charge in [0.1, 0.15) is 11.9 Å². The summed E-state index contributed by atoms with van der Waals surface area (Å²) in [6.07, 6.45) is 4.17. The molecule has 0 fully saturated rings. The van der Waals surface area contributed by atoms with E-state index >= 15 is 0 Å². The molecular weight excluding hydrogens is 286 g/mol. The fourth-order valence-electron chi connectivity index (χ4n) is 3.19. The zero-order valence-corrected chi connectivity index (χ0v) is 12.1. The van der Waals surface area contributed by atoms with Crippen LogP contribution in [0.5, 0.6) is 0 Å². The van der Waals surface area contributed by atoms with E-state index in [1.807, 2.05) is 35.0 Å². The Kier molecular flexibility index (Phi) is 2.86. The molecule has 0 radical (unpaired) electrons. The van der Waals surface area contributed by atoms with Gasteiger partial charge in [-0.05, 0) is 30.5 Å². The Bertz CT molecular complexity index is 762. The molecule has 1 N–H and O–H groups in total. The van der Waals surface area contributed by atoms with Gasteiger partial charge in [-0.1, -0.05) is 23.7 Å². The van der Waals surface area contributed by atoms with E-state index in [9.17, 15) is 4.79 Å². The molecule has 0 saturated carbocycles. The van der Waals surface area contributed by atoms with Crippen molar-refractivity contribution < 1.29 is 4.79 Å². The highest BCUT2D eigenvalue weighted by atomic mass is 35.5. The van der Waals surface area contributed by atoms with E-state index in [0.29, 0.717) is 11.4 Å². The smallest absolute Gasteiger partial charge is 0.163 e. The molecule has 0 bridgehead atoms. The Balaban J connectivity index is 1.93. The molecule has 1 unspecified atom stereocenters. The van der Waals surface area contributed by atoms with Gasteiger partial charge in [0.05, 0.1) is 6.20 Å². The number of hydrogen-bond acceptors (Lipinski definition) is 3. The summed E-state index contributed by atoms with van der Waals surface area (Å²) in [5.41, 5.74) is 2.86. The third-order valence-electron chi connectivity index (χ3n) is 4.09. The van der Waals surface area contributed by atoms with Crippen molar-refractivity contribution in [2.45, 2.75) is 25.3 Å². The van der Waals surface area contributed by atoms with Gasteiger partial charge in [-0.3, -0.25) is 4.79 Å². The molecule has 106 valence electrons. The lowest BCUT2D eigenvalue weighted by Gasteiger charge is -2.33. The SMILES string of the molecule is O=C1CCCC2=C1C(c1cccc(Cl)c1)n1nccc1N2. The second-order valence-electron chi connectivity index (χ2n) is 5.41. The van der Waals surface area contributed by atoms with Gasteiger partial charge in [0.25, 0.3) is 0 Å². The minimum atomic E-state index is -0.183. The van der Waals surface area contributed by atoms with Gasteiger partial charge in [0.2, 0.25) is 0 Å². The molecule has 1 aromatic heterocycles. The molecule has 2 aliphatic rings. The fraction of sp³-hybridized carbons (Fsp3) is 0.250. The van der Waals surface area contributed by atoms with E-state index in [1.165, 1.54) is 0 Å². The topological polar surface area (TPSA) is 46.9 Å². The standard InChI is InChI=1S/C16H14ClN3O/c17-11-4-1-3-10(9-11)16-15-12(5-2-6-13(15)21)19-14-7-8-18-20(14)16/h1,3-4,7-9,16,19H,2,5-6H2. The molecule has 2 heterocycles. The maximum Gasteiger partial charge on any atom is 0.163 e. The van der Waals surface area contributed by atoms with Crippen molar-refractivity contribution in [2.24, 2.45) is 0 Å². The van der Waals surface area contributed by atoms with E-state index < -0.39 is 0 Å². The average molecular weight is 300 g/mol. The van der Waals surface area contributed by atoms with Crippen molar-refractivity contribution in [2.75, 3.05) is 5.32 Å². The van der Waals surface area contributed by atoms with Crippen LogP contribution >= 0.6 is 11.6 Å². The number of nitrogens with zero attached hydrogens (tertiary/aromatic N) is 2. The number of aromatic nitrogens is 2. The Hall–Kier alpha value is -2.07. The molecule has 2 aromatic rings. The van der Waals surface area contributed by atoms with Crippen molar-refractivity contribution in [1.29, 1.82) is 0 Å². The first-order valence-corrected chi connectivity index (χ1v) is 7.44. The quantitative estimate of drug-likeness (QED) is 0.876. The summed E-state index contributed by atoms with van der Waals surface area (Å²) in [4.78, 5) is 12.5. The van der Waals surface area contributed by atoms with Crippen molar-refractivity contribution in [3.63, 3.8) is 0 Å². The van der Waals surface area contributed by atoms with Crippen LogP contribution in [-0.4, -0.2) is 15.6 Å². The second-order valence-corrected chi connectivity index (χ2v) is 5.85. The van der Waals surface area contributed by atoms with Crippen molar-refractivity contribution >= 4 is 23.2 Å². The van der Waals surface area contributed by atoms with Crippen LogP contribution in [-0.2, 0) is 4.79 Å². The normalized spacial score (nSPS) is 20.8. The van der Waals surface area contributed by atoms with Crippen molar-refractivity contribution in [3.8, 4) is 0 Å². The number of hydrogen-bond donors (Lipinski definition) is 1. The summed E-state index contributed by atoms with van der Waals surface area (Å²) in [7, 11) is 0. The van der Waals surface area contributed by atoms with E-state index in [-0.39, 0.29) is 11.8 Å². The first-order valence-electron chi connectivity index (χ1n) is 7.06. The van der Waals surface area contributed by atoms with E-state index in [4.69, 9.17) is 11.6 Å². The van der Waals surface area contributed by atoms with Crippen LogP contribution in [0.15, 0.2) is 47.8 Å². The molecule has 0 saturated heterocycles. The van der Waals surface area contributed by atoms with Gasteiger partial charge in [0.15, 0.2) is 5.78 Å². The van der Waals surface area contributed by atoms with Crippen molar-refractivity contribution in [1.82, 2.24) is 9.78 Å². The van der Waals surface area contributed by atoms with Gasteiger partial charge in [-0.2, -0.15) is 5.10 Å². The molecule has 21 heavy (non-hydrogen) atoms. The van der Waals surface area contributed by atoms with Gasteiger partial charge >= 0.3 is 0 Å².